The Morgan fingerprint density at radius 3 is 2.42 bits per heavy atom. The van der Waals surface area contributed by atoms with Gasteiger partial charge in [0.1, 0.15) is 0 Å². The van der Waals surface area contributed by atoms with Crippen LogP contribution in [-0.4, -0.2) is 28.9 Å². The molecule has 0 atom stereocenters. The Hall–Kier alpha value is -2.16. The summed E-state index contributed by atoms with van der Waals surface area (Å²) in [5.41, 5.74) is 3.52. The monoisotopic (exact) mass is 252 g/mol. The molecule has 2 heterocycles. The molecule has 96 valence electrons. The molecular weight excluding hydrogens is 236 g/mol. The fourth-order valence-corrected chi connectivity index (χ4v) is 2.25. The SMILES string of the molecule is Cc1nc(-c2ccccc2)ccc1C(=O)N1CCC1. The number of nitrogens with zero attached hydrogens (tertiary/aromatic N) is 2. The lowest BCUT2D eigenvalue weighted by Crippen LogP contribution is -2.42. The first-order valence-corrected chi connectivity index (χ1v) is 6.58. The Labute approximate surface area is 112 Å². The number of likely N-dealkylation sites (tertiary alicyclic amines) is 1. The second kappa shape index (κ2) is 4.84. The zero-order valence-electron chi connectivity index (χ0n) is 11.0. The van der Waals surface area contributed by atoms with E-state index in [-0.39, 0.29) is 5.91 Å². The number of carbonyl (C=O) groups is 1. The van der Waals surface area contributed by atoms with Gasteiger partial charge < -0.3 is 4.90 Å². The molecule has 1 saturated heterocycles. The van der Waals surface area contributed by atoms with Crippen molar-refractivity contribution in [1.29, 1.82) is 0 Å². The van der Waals surface area contributed by atoms with Crippen LogP contribution in [0.15, 0.2) is 42.5 Å². The molecule has 0 unspecified atom stereocenters. The minimum atomic E-state index is 0.107. The average molecular weight is 252 g/mol. The highest BCUT2D eigenvalue weighted by Crippen LogP contribution is 2.20. The molecule has 1 aromatic heterocycles. The van der Waals surface area contributed by atoms with Crippen LogP contribution in [0.1, 0.15) is 22.5 Å². The van der Waals surface area contributed by atoms with Crippen molar-refractivity contribution in [3.8, 4) is 11.3 Å². The summed E-state index contributed by atoms with van der Waals surface area (Å²) in [5, 5.41) is 0. The van der Waals surface area contributed by atoms with Crippen molar-refractivity contribution in [2.24, 2.45) is 0 Å². The number of hydrogen-bond donors (Lipinski definition) is 0. The van der Waals surface area contributed by atoms with Gasteiger partial charge in [-0.05, 0) is 25.5 Å². The molecule has 3 rings (SSSR count). The van der Waals surface area contributed by atoms with Crippen LogP contribution in [0.3, 0.4) is 0 Å². The first kappa shape index (κ1) is 11.9. The Morgan fingerprint density at radius 2 is 1.84 bits per heavy atom. The fourth-order valence-electron chi connectivity index (χ4n) is 2.25. The summed E-state index contributed by atoms with van der Waals surface area (Å²) in [6, 6.07) is 13.8. The van der Waals surface area contributed by atoms with E-state index in [1.54, 1.807) is 0 Å². The van der Waals surface area contributed by atoms with Gasteiger partial charge in [-0.1, -0.05) is 30.3 Å². The van der Waals surface area contributed by atoms with Crippen molar-refractivity contribution in [1.82, 2.24) is 9.88 Å². The number of benzene rings is 1. The van der Waals surface area contributed by atoms with Gasteiger partial charge in [0, 0.05) is 18.7 Å². The summed E-state index contributed by atoms with van der Waals surface area (Å²) < 4.78 is 0. The maximum Gasteiger partial charge on any atom is 0.255 e. The molecule has 19 heavy (non-hydrogen) atoms. The molecule has 0 spiro atoms. The van der Waals surface area contributed by atoms with Crippen LogP contribution in [0.25, 0.3) is 11.3 Å². The third kappa shape index (κ3) is 2.24. The summed E-state index contributed by atoms with van der Waals surface area (Å²) in [7, 11) is 0. The predicted molar refractivity (Wildman–Crippen MR) is 74.9 cm³/mol. The van der Waals surface area contributed by atoms with Gasteiger partial charge in [0.05, 0.1) is 17.0 Å². The second-order valence-electron chi connectivity index (χ2n) is 4.84. The molecule has 2 aromatic rings. The zero-order chi connectivity index (χ0) is 13.2. The summed E-state index contributed by atoms with van der Waals surface area (Å²) in [5.74, 6) is 0.107. The molecule has 0 N–H and O–H groups in total. The Balaban J connectivity index is 1.91. The van der Waals surface area contributed by atoms with Crippen LogP contribution < -0.4 is 0 Å². The van der Waals surface area contributed by atoms with Crippen LogP contribution in [0.5, 0.6) is 0 Å². The van der Waals surface area contributed by atoms with Gasteiger partial charge in [-0.2, -0.15) is 0 Å². The van der Waals surface area contributed by atoms with Crippen LogP contribution in [0.4, 0.5) is 0 Å². The summed E-state index contributed by atoms with van der Waals surface area (Å²) in [6.07, 6.45) is 1.11. The lowest BCUT2D eigenvalue weighted by atomic mass is 10.1. The van der Waals surface area contributed by atoms with Crippen molar-refractivity contribution >= 4 is 5.91 Å². The molecule has 0 radical (unpaired) electrons. The number of hydrogen-bond acceptors (Lipinski definition) is 2. The maximum absolute atomic E-state index is 12.2. The van der Waals surface area contributed by atoms with Crippen LogP contribution >= 0.6 is 0 Å². The minimum Gasteiger partial charge on any atom is -0.338 e. The average Bonchev–Trinajstić information content (AvgIpc) is 2.37. The second-order valence-corrected chi connectivity index (χ2v) is 4.84. The van der Waals surface area contributed by atoms with Crippen molar-refractivity contribution in [3.63, 3.8) is 0 Å². The van der Waals surface area contributed by atoms with Crippen molar-refractivity contribution in [2.75, 3.05) is 13.1 Å². The molecule has 1 aliphatic heterocycles. The first-order chi connectivity index (χ1) is 9.25. The molecular formula is C16H16N2O. The third-order valence-electron chi connectivity index (χ3n) is 3.53. The number of amides is 1. The van der Waals surface area contributed by atoms with E-state index in [2.05, 4.69) is 4.98 Å². The number of pyridine rings is 1. The fraction of sp³-hybridized carbons (Fsp3) is 0.250. The van der Waals surface area contributed by atoms with Crippen molar-refractivity contribution in [3.05, 3.63) is 53.7 Å². The van der Waals surface area contributed by atoms with E-state index in [0.29, 0.717) is 0 Å². The molecule has 1 amide bonds. The van der Waals surface area contributed by atoms with E-state index < -0.39 is 0 Å². The molecule has 1 fully saturated rings. The van der Waals surface area contributed by atoms with Crippen LogP contribution in [0, 0.1) is 6.92 Å². The lowest BCUT2D eigenvalue weighted by Gasteiger charge is -2.31. The molecule has 3 heteroatoms. The molecule has 0 bridgehead atoms. The summed E-state index contributed by atoms with van der Waals surface area (Å²) in [4.78, 5) is 18.6. The maximum atomic E-state index is 12.2. The number of aryl methyl sites for hydroxylation is 1. The van der Waals surface area contributed by atoms with Gasteiger partial charge in [0.25, 0.3) is 5.91 Å². The number of aromatic nitrogens is 1. The highest BCUT2D eigenvalue weighted by Gasteiger charge is 2.23. The highest BCUT2D eigenvalue weighted by atomic mass is 16.2. The van der Waals surface area contributed by atoms with Gasteiger partial charge >= 0.3 is 0 Å². The van der Waals surface area contributed by atoms with Gasteiger partial charge in [-0.25, -0.2) is 0 Å². The number of rotatable bonds is 2. The minimum absolute atomic E-state index is 0.107. The van der Waals surface area contributed by atoms with Crippen LogP contribution in [0.2, 0.25) is 0 Å². The third-order valence-corrected chi connectivity index (χ3v) is 3.53. The van der Waals surface area contributed by atoms with Gasteiger partial charge in [-0.15, -0.1) is 0 Å². The highest BCUT2D eigenvalue weighted by molar-refractivity contribution is 5.96. The molecule has 0 saturated carbocycles. The molecule has 1 aromatic carbocycles. The normalized spacial score (nSPS) is 14.1. The molecule has 3 nitrogen and oxygen atoms in total. The van der Waals surface area contributed by atoms with E-state index >= 15 is 0 Å². The molecule has 0 aliphatic carbocycles. The van der Waals surface area contributed by atoms with E-state index in [0.717, 1.165) is 42.0 Å². The quantitative estimate of drug-likeness (QED) is 0.823. The predicted octanol–water partition coefficient (Wildman–Crippen LogP) is 2.90. The van der Waals surface area contributed by atoms with Gasteiger partial charge in [-0.3, -0.25) is 9.78 Å². The molecule has 1 aliphatic rings. The summed E-state index contributed by atoms with van der Waals surface area (Å²) in [6.45, 7) is 3.65. The smallest absolute Gasteiger partial charge is 0.255 e. The van der Waals surface area contributed by atoms with Crippen molar-refractivity contribution in [2.45, 2.75) is 13.3 Å². The standard InChI is InChI=1S/C16H16N2O/c1-12-14(16(19)18-10-5-11-18)8-9-15(17-12)13-6-3-2-4-7-13/h2-4,6-9H,5,10-11H2,1H3. The summed E-state index contributed by atoms with van der Waals surface area (Å²) >= 11 is 0. The van der Waals surface area contributed by atoms with E-state index in [9.17, 15) is 4.79 Å². The Morgan fingerprint density at radius 1 is 1.11 bits per heavy atom. The topological polar surface area (TPSA) is 33.2 Å². The zero-order valence-corrected chi connectivity index (χ0v) is 11.0. The van der Waals surface area contributed by atoms with E-state index in [4.69, 9.17) is 0 Å². The van der Waals surface area contributed by atoms with Crippen LogP contribution in [-0.2, 0) is 0 Å². The van der Waals surface area contributed by atoms with Gasteiger partial charge in [0.15, 0.2) is 0 Å². The van der Waals surface area contributed by atoms with Crippen molar-refractivity contribution < 1.29 is 4.79 Å². The Bertz CT molecular complexity index is 603. The largest absolute Gasteiger partial charge is 0.338 e. The Kier molecular flexibility index (Phi) is 3.03. The lowest BCUT2D eigenvalue weighted by molar-refractivity contribution is 0.0650. The first-order valence-electron chi connectivity index (χ1n) is 6.58. The van der Waals surface area contributed by atoms with E-state index in [1.165, 1.54) is 0 Å². The van der Waals surface area contributed by atoms with E-state index in [1.807, 2.05) is 54.3 Å². The number of carbonyl (C=O) groups excluding carboxylic acids is 1. The van der Waals surface area contributed by atoms with Gasteiger partial charge in [0.2, 0.25) is 0 Å².